The molecule has 1 aromatic rings. The van der Waals surface area contributed by atoms with Crippen LogP contribution in [-0.4, -0.2) is 30.6 Å². The van der Waals surface area contributed by atoms with Crippen LogP contribution in [0.4, 0.5) is 37.7 Å². The summed E-state index contributed by atoms with van der Waals surface area (Å²) in [6.07, 6.45) is -8.56. The predicted octanol–water partition coefficient (Wildman–Crippen LogP) is -0.472. The second-order valence-electron chi connectivity index (χ2n) is 3.57. The first-order valence-corrected chi connectivity index (χ1v) is 5.38. The zero-order valence-electron chi connectivity index (χ0n) is 11.8. The molecule has 0 amide bonds. The summed E-state index contributed by atoms with van der Waals surface area (Å²) in [5, 5.41) is 19.6. The molecule has 1 heterocycles. The van der Waals surface area contributed by atoms with Gasteiger partial charge in [0.1, 0.15) is 17.6 Å². The number of carbonyl (C=O) groups is 2. The summed E-state index contributed by atoms with van der Waals surface area (Å²) in [6, 6.07) is 8.08. The number of carboxylic acids is 2. The Hall–Kier alpha value is -2.67. The lowest BCUT2D eigenvalue weighted by atomic mass is 10.3. The van der Waals surface area contributed by atoms with E-state index in [1.54, 1.807) is 0 Å². The third-order valence-corrected chi connectivity index (χ3v) is 1.87. The topological polar surface area (TPSA) is 146 Å². The van der Waals surface area contributed by atoms with Gasteiger partial charge >= 0.3 is 12.4 Å². The molecule has 0 saturated heterocycles. The Morgan fingerprint density at radius 3 is 1.62 bits per heavy atom. The monoisotopic (exact) mass is 363 g/mol. The Bertz CT molecular complexity index is 562. The van der Waals surface area contributed by atoms with Gasteiger partial charge in [0.25, 0.3) is 0 Å². The number of nitrogens with zero attached hydrogens (tertiary/aromatic N) is 1. The van der Waals surface area contributed by atoms with Crippen LogP contribution in [0.25, 0.3) is 0 Å². The molecule has 0 atom stereocenters. The van der Waals surface area contributed by atoms with E-state index in [2.05, 4.69) is 11.1 Å². The van der Waals surface area contributed by atoms with Gasteiger partial charge in [0.2, 0.25) is 0 Å². The van der Waals surface area contributed by atoms with Crippen molar-refractivity contribution in [2.45, 2.75) is 12.4 Å². The number of fused-ring (bicyclic) bond motifs is 1. The fourth-order valence-corrected chi connectivity index (χ4v) is 0.944. The van der Waals surface area contributed by atoms with Crippen molar-refractivity contribution in [1.82, 2.24) is 6.15 Å². The Morgan fingerprint density at radius 1 is 0.917 bits per heavy atom. The average molecular weight is 363 g/mol. The maximum absolute atomic E-state index is 10.5. The van der Waals surface area contributed by atoms with Crippen molar-refractivity contribution < 1.29 is 51.5 Å². The normalized spacial score (nSPS) is 11.8. The second kappa shape index (κ2) is 9.46. The van der Waals surface area contributed by atoms with E-state index in [1.807, 2.05) is 29.9 Å². The SMILES string of the molecule is C1=Nc2ccccc2[NH2+]1.O=C([O-])C(F)(F)F.O=C([O-])C(F)(F)F.[NH4+]. The number of aliphatic carboxylic acids is 2. The minimum atomic E-state index is -5.19. The fourth-order valence-electron chi connectivity index (χ4n) is 0.944. The Morgan fingerprint density at radius 2 is 1.29 bits per heavy atom. The Balaban J connectivity index is 0. The van der Waals surface area contributed by atoms with Crippen molar-refractivity contribution in [1.29, 1.82) is 0 Å². The zero-order chi connectivity index (χ0) is 18.3. The van der Waals surface area contributed by atoms with Crippen molar-refractivity contribution in [3.63, 3.8) is 0 Å². The molecule has 0 unspecified atom stereocenters. The molecule has 0 fully saturated rings. The molecule has 1 aliphatic rings. The number of hydrogen-bond acceptors (Lipinski definition) is 5. The maximum atomic E-state index is 10.5. The minimum Gasteiger partial charge on any atom is -0.542 e. The lowest BCUT2D eigenvalue weighted by Gasteiger charge is -2.03. The fraction of sp³-hybridized carbons (Fsp3) is 0.182. The summed E-state index contributed by atoms with van der Waals surface area (Å²) in [4.78, 5) is 21.7. The summed E-state index contributed by atoms with van der Waals surface area (Å²) >= 11 is 0. The number of para-hydroxylation sites is 2. The van der Waals surface area contributed by atoms with E-state index in [-0.39, 0.29) is 6.15 Å². The van der Waals surface area contributed by atoms with Crippen LogP contribution in [0.2, 0.25) is 0 Å². The number of benzene rings is 1. The van der Waals surface area contributed by atoms with Gasteiger partial charge in [-0.25, -0.2) is 0 Å². The number of quaternary nitrogens is 2. The van der Waals surface area contributed by atoms with Crippen molar-refractivity contribution in [3.05, 3.63) is 24.3 Å². The van der Waals surface area contributed by atoms with E-state index < -0.39 is 24.3 Å². The van der Waals surface area contributed by atoms with Crippen LogP contribution in [0.1, 0.15) is 0 Å². The van der Waals surface area contributed by atoms with Crippen LogP contribution in [0.3, 0.4) is 0 Å². The van der Waals surface area contributed by atoms with Gasteiger partial charge in [-0.1, -0.05) is 12.1 Å². The Labute approximate surface area is 130 Å². The molecule has 0 saturated carbocycles. The van der Waals surface area contributed by atoms with Crippen LogP contribution in [-0.2, 0) is 9.59 Å². The molecule has 0 bridgehead atoms. The molecule has 7 nitrogen and oxygen atoms in total. The van der Waals surface area contributed by atoms with E-state index in [4.69, 9.17) is 19.8 Å². The molecular formula is C11H11F6N3O4. The highest BCUT2D eigenvalue weighted by Gasteiger charge is 2.29. The van der Waals surface area contributed by atoms with Gasteiger partial charge in [-0.2, -0.15) is 31.3 Å². The lowest BCUT2D eigenvalue weighted by molar-refractivity contribution is -0.427. The third kappa shape index (κ3) is 9.37. The number of alkyl halides is 6. The number of carbonyl (C=O) groups excluding carboxylic acids is 2. The van der Waals surface area contributed by atoms with Gasteiger partial charge in [-0.3, -0.25) is 5.32 Å². The number of rotatable bonds is 0. The lowest BCUT2D eigenvalue weighted by Crippen LogP contribution is -2.74. The van der Waals surface area contributed by atoms with Gasteiger partial charge in [-0.15, -0.1) is 0 Å². The molecule has 0 aromatic heterocycles. The van der Waals surface area contributed by atoms with Crippen molar-refractivity contribution in [2.24, 2.45) is 4.99 Å². The second-order valence-corrected chi connectivity index (χ2v) is 3.57. The first-order valence-electron chi connectivity index (χ1n) is 5.38. The van der Waals surface area contributed by atoms with Crippen molar-refractivity contribution >= 4 is 29.7 Å². The van der Waals surface area contributed by atoms with Crippen LogP contribution < -0.4 is 21.7 Å². The average Bonchev–Trinajstić information content (AvgIpc) is 2.86. The number of aliphatic imine (C=N–C) groups is 1. The molecule has 0 aliphatic carbocycles. The van der Waals surface area contributed by atoms with Crippen LogP contribution in [0, 0.1) is 0 Å². The van der Waals surface area contributed by atoms with Crippen LogP contribution in [0.5, 0.6) is 0 Å². The predicted molar refractivity (Wildman–Crippen MR) is 64.3 cm³/mol. The maximum Gasteiger partial charge on any atom is 0.430 e. The first kappa shape index (κ1) is 23.6. The molecule has 1 aromatic carbocycles. The van der Waals surface area contributed by atoms with E-state index in [1.165, 1.54) is 5.69 Å². The van der Waals surface area contributed by atoms with Crippen molar-refractivity contribution in [3.8, 4) is 0 Å². The third-order valence-electron chi connectivity index (χ3n) is 1.87. The number of nitrogens with two attached hydrogens (primary N) is 1. The highest BCUT2D eigenvalue weighted by molar-refractivity contribution is 5.71. The highest BCUT2D eigenvalue weighted by Crippen LogP contribution is 2.20. The minimum absolute atomic E-state index is 0. The molecule has 0 radical (unpaired) electrons. The molecule has 1 aliphatic heterocycles. The highest BCUT2D eigenvalue weighted by atomic mass is 19.4. The molecule has 0 spiro atoms. The Kier molecular flexibility index (Phi) is 9.30. The molecular weight excluding hydrogens is 352 g/mol. The quantitative estimate of drug-likeness (QED) is 0.474. The van der Waals surface area contributed by atoms with E-state index in [9.17, 15) is 26.3 Å². The number of carboxylic acid groups (broad SMARTS) is 2. The summed E-state index contributed by atoms with van der Waals surface area (Å²) in [7, 11) is 0. The van der Waals surface area contributed by atoms with Gasteiger partial charge in [0.15, 0.2) is 12.0 Å². The van der Waals surface area contributed by atoms with Gasteiger partial charge < -0.3 is 26.0 Å². The van der Waals surface area contributed by atoms with Gasteiger partial charge in [-0.05, 0) is 6.07 Å². The van der Waals surface area contributed by atoms with Gasteiger partial charge in [0, 0.05) is 6.07 Å². The molecule has 13 heteroatoms. The molecule has 6 N–H and O–H groups in total. The summed E-state index contributed by atoms with van der Waals surface area (Å²) in [5.41, 5.74) is 2.30. The first-order chi connectivity index (χ1) is 10.4. The van der Waals surface area contributed by atoms with Crippen LogP contribution >= 0.6 is 0 Å². The summed E-state index contributed by atoms with van der Waals surface area (Å²) in [6.45, 7) is 0. The zero-order valence-corrected chi connectivity index (χ0v) is 11.8. The van der Waals surface area contributed by atoms with Crippen LogP contribution in [0.15, 0.2) is 29.3 Å². The summed E-state index contributed by atoms with van der Waals surface area (Å²) < 4.78 is 63.1. The summed E-state index contributed by atoms with van der Waals surface area (Å²) in [5.74, 6) is -6.01. The number of hydrogen-bond donors (Lipinski definition) is 2. The van der Waals surface area contributed by atoms with Crippen molar-refractivity contribution in [2.75, 3.05) is 0 Å². The van der Waals surface area contributed by atoms with E-state index in [0.717, 1.165) is 5.69 Å². The van der Waals surface area contributed by atoms with E-state index in [0.29, 0.717) is 0 Å². The smallest absolute Gasteiger partial charge is 0.430 e. The largest absolute Gasteiger partial charge is 0.542 e. The number of halogens is 6. The van der Waals surface area contributed by atoms with E-state index >= 15 is 0 Å². The van der Waals surface area contributed by atoms with Gasteiger partial charge in [0.05, 0.1) is 0 Å². The molecule has 24 heavy (non-hydrogen) atoms. The molecule has 2 rings (SSSR count). The standard InChI is InChI=1S/C7H6N2.2C2HF3O2.H3N/c1-2-4-7-6(3-1)8-5-9-7;2*3-2(4,5)1(6)7;/h1-5H,(H,8,9);2*(H,6,7);1H3. The molecule has 136 valence electrons.